The van der Waals surface area contributed by atoms with Gasteiger partial charge >= 0.3 is 0 Å². The lowest BCUT2D eigenvalue weighted by atomic mass is 10.2. The molecular formula is C14H10FNOS. The van der Waals surface area contributed by atoms with E-state index in [1.54, 1.807) is 6.07 Å². The maximum absolute atomic E-state index is 13.2. The second kappa shape index (κ2) is 4.48. The van der Waals surface area contributed by atoms with E-state index in [-0.39, 0.29) is 12.4 Å². The number of aromatic nitrogens is 1. The van der Waals surface area contributed by atoms with Gasteiger partial charge in [-0.3, -0.25) is 0 Å². The molecule has 0 bridgehead atoms. The molecule has 0 fully saturated rings. The average Bonchev–Trinajstić information content (AvgIpc) is 2.81. The Labute approximate surface area is 107 Å². The van der Waals surface area contributed by atoms with Crippen molar-refractivity contribution in [3.63, 3.8) is 0 Å². The summed E-state index contributed by atoms with van der Waals surface area (Å²) < 4.78 is 14.2. The molecule has 90 valence electrons. The van der Waals surface area contributed by atoms with Crippen LogP contribution in [0.1, 0.15) is 5.56 Å². The third-order valence-corrected chi connectivity index (χ3v) is 3.77. The van der Waals surface area contributed by atoms with Gasteiger partial charge in [-0.15, -0.1) is 11.3 Å². The standard InChI is InChI=1S/C14H10FNOS/c15-11-3-1-2-10(7-11)14-16-12-5-4-9(8-17)6-13(12)18-14/h1-7,17H,8H2. The molecule has 1 aromatic heterocycles. The molecular weight excluding hydrogens is 249 g/mol. The van der Waals surface area contributed by atoms with Crippen LogP contribution < -0.4 is 0 Å². The van der Waals surface area contributed by atoms with Crippen LogP contribution in [0.2, 0.25) is 0 Å². The summed E-state index contributed by atoms with van der Waals surface area (Å²) >= 11 is 1.50. The lowest BCUT2D eigenvalue weighted by molar-refractivity contribution is 0.282. The van der Waals surface area contributed by atoms with Crippen LogP contribution in [0.4, 0.5) is 4.39 Å². The Morgan fingerprint density at radius 3 is 2.83 bits per heavy atom. The zero-order valence-electron chi connectivity index (χ0n) is 9.43. The normalized spacial score (nSPS) is 11.0. The summed E-state index contributed by atoms with van der Waals surface area (Å²) in [5.41, 5.74) is 2.51. The molecule has 3 aromatic rings. The Morgan fingerprint density at radius 2 is 2.06 bits per heavy atom. The molecule has 4 heteroatoms. The van der Waals surface area contributed by atoms with E-state index in [2.05, 4.69) is 4.98 Å². The van der Waals surface area contributed by atoms with E-state index < -0.39 is 0 Å². The van der Waals surface area contributed by atoms with Gasteiger partial charge in [0.25, 0.3) is 0 Å². The Hall–Kier alpha value is -1.78. The van der Waals surface area contributed by atoms with Gasteiger partial charge in [-0.25, -0.2) is 9.37 Å². The van der Waals surface area contributed by atoms with Crippen LogP contribution in [-0.4, -0.2) is 10.1 Å². The van der Waals surface area contributed by atoms with Crippen LogP contribution in [0.25, 0.3) is 20.8 Å². The highest BCUT2D eigenvalue weighted by Gasteiger charge is 2.07. The van der Waals surface area contributed by atoms with Crippen molar-refractivity contribution in [3.05, 3.63) is 53.8 Å². The smallest absolute Gasteiger partial charge is 0.124 e. The molecule has 0 amide bonds. The number of aliphatic hydroxyl groups is 1. The van der Waals surface area contributed by atoms with Gasteiger partial charge in [0.05, 0.1) is 16.8 Å². The summed E-state index contributed by atoms with van der Waals surface area (Å²) in [4.78, 5) is 4.47. The number of thiazole rings is 1. The maximum atomic E-state index is 13.2. The Kier molecular flexibility index (Phi) is 2.81. The highest BCUT2D eigenvalue weighted by molar-refractivity contribution is 7.21. The molecule has 0 aliphatic rings. The third-order valence-electron chi connectivity index (χ3n) is 2.71. The minimum Gasteiger partial charge on any atom is -0.392 e. The minimum atomic E-state index is -0.261. The van der Waals surface area contributed by atoms with E-state index in [1.807, 2.05) is 24.3 Å². The van der Waals surface area contributed by atoms with Crippen molar-refractivity contribution in [2.45, 2.75) is 6.61 Å². The van der Waals surface area contributed by atoms with Gasteiger partial charge in [0.1, 0.15) is 10.8 Å². The molecule has 0 saturated heterocycles. The summed E-state index contributed by atoms with van der Waals surface area (Å²) in [7, 11) is 0. The summed E-state index contributed by atoms with van der Waals surface area (Å²) in [6.07, 6.45) is 0. The second-order valence-electron chi connectivity index (χ2n) is 3.99. The van der Waals surface area contributed by atoms with E-state index in [4.69, 9.17) is 5.11 Å². The lowest BCUT2D eigenvalue weighted by Crippen LogP contribution is -1.80. The van der Waals surface area contributed by atoms with Gasteiger partial charge in [-0.1, -0.05) is 18.2 Å². The molecule has 0 aliphatic heterocycles. The number of fused-ring (bicyclic) bond motifs is 1. The lowest BCUT2D eigenvalue weighted by Gasteiger charge is -1.94. The molecule has 0 radical (unpaired) electrons. The maximum Gasteiger partial charge on any atom is 0.124 e. The Morgan fingerprint density at radius 1 is 1.17 bits per heavy atom. The van der Waals surface area contributed by atoms with Crippen molar-refractivity contribution in [1.82, 2.24) is 4.98 Å². The summed E-state index contributed by atoms with van der Waals surface area (Å²) in [5.74, 6) is -0.261. The van der Waals surface area contributed by atoms with E-state index in [0.717, 1.165) is 26.4 Å². The second-order valence-corrected chi connectivity index (χ2v) is 5.02. The largest absolute Gasteiger partial charge is 0.392 e. The van der Waals surface area contributed by atoms with Crippen LogP contribution in [0.5, 0.6) is 0 Å². The zero-order valence-corrected chi connectivity index (χ0v) is 10.2. The predicted octanol–water partition coefficient (Wildman–Crippen LogP) is 3.59. The summed E-state index contributed by atoms with van der Waals surface area (Å²) in [5, 5.41) is 9.88. The van der Waals surface area contributed by atoms with Crippen molar-refractivity contribution in [3.8, 4) is 10.6 Å². The summed E-state index contributed by atoms with van der Waals surface area (Å²) in [6.45, 7) is 0.0170. The molecule has 0 aliphatic carbocycles. The first-order valence-corrected chi connectivity index (χ1v) is 6.34. The zero-order chi connectivity index (χ0) is 12.5. The molecule has 0 atom stereocenters. The van der Waals surface area contributed by atoms with Crippen molar-refractivity contribution in [2.75, 3.05) is 0 Å². The van der Waals surface area contributed by atoms with Crippen LogP contribution in [-0.2, 0) is 6.61 Å². The fourth-order valence-corrected chi connectivity index (χ4v) is 2.84. The van der Waals surface area contributed by atoms with Crippen LogP contribution in [0.15, 0.2) is 42.5 Å². The first-order chi connectivity index (χ1) is 8.76. The fourth-order valence-electron chi connectivity index (χ4n) is 1.81. The van der Waals surface area contributed by atoms with Gasteiger partial charge in [0, 0.05) is 5.56 Å². The highest BCUT2D eigenvalue weighted by atomic mass is 32.1. The number of benzene rings is 2. The van der Waals surface area contributed by atoms with Crippen LogP contribution in [0, 0.1) is 5.82 Å². The first-order valence-electron chi connectivity index (χ1n) is 5.52. The third kappa shape index (κ3) is 2.00. The van der Waals surface area contributed by atoms with Gasteiger partial charge < -0.3 is 5.11 Å². The van der Waals surface area contributed by atoms with Crippen molar-refractivity contribution in [2.24, 2.45) is 0 Å². The fraction of sp³-hybridized carbons (Fsp3) is 0.0714. The molecule has 0 saturated carbocycles. The molecule has 0 spiro atoms. The van der Waals surface area contributed by atoms with Crippen LogP contribution in [0.3, 0.4) is 0 Å². The molecule has 2 aromatic carbocycles. The first kappa shape index (κ1) is 11.3. The highest BCUT2D eigenvalue weighted by Crippen LogP contribution is 2.30. The van der Waals surface area contributed by atoms with Crippen molar-refractivity contribution in [1.29, 1.82) is 0 Å². The molecule has 1 heterocycles. The number of hydrogen-bond acceptors (Lipinski definition) is 3. The summed E-state index contributed by atoms with van der Waals surface area (Å²) in [6, 6.07) is 12.0. The molecule has 18 heavy (non-hydrogen) atoms. The van der Waals surface area contributed by atoms with Gasteiger partial charge in [0.15, 0.2) is 0 Å². The quantitative estimate of drug-likeness (QED) is 0.763. The van der Waals surface area contributed by atoms with E-state index in [9.17, 15) is 4.39 Å². The van der Waals surface area contributed by atoms with E-state index >= 15 is 0 Å². The predicted molar refractivity (Wildman–Crippen MR) is 70.9 cm³/mol. The number of hydrogen-bond donors (Lipinski definition) is 1. The number of aliphatic hydroxyl groups excluding tert-OH is 1. The van der Waals surface area contributed by atoms with Crippen LogP contribution >= 0.6 is 11.3 Å². The Bertz CT molecular complexity index is 708. The van der Waals surface area contributed by atoms with Gasteiger partial charge in [-0.2, -0.15) is 0 Å². The SMILES string of the molecule is OCc1ccc2nc(-c3cccc(F)c3)sc2c1. The van der Waals surface area contributed by atoms with E-state index in [1.165, 1.54) is 23.5 Å². The minimum absolute atomic E-state index is 0.0170. The van der Waals surface area contributed by atoms with Crippen molar-refractivity contribution >= 4 is 21.6 Å². The number of halogens is 1. The average molecular weight is 259 g/mol. The van der Waals surface area contributed by atoms with Gasteiger partial charge in [0.2, 0.25) is 0 Å². The van der Waals surface area contributed by atoms with Gasteiger partial charge in [-0.05, 0) is 29.8 Å². The molecule has 2 nitrogen and oxygen atoms in total. The molecule has 0 unspecified atom stereocenters. The topological polar surface area (TPSA) is 33.1 Å². The molecule has 1 N–H and O–H groups in total. The van der Waals surface area contributed by atoms with Crippen molar-refractivity contribution < 1.29 is 9.50 Å². The Balaban J connectivity index is 2.13. The molecule has 3 rings (SSSR count). The van der Waals surface area contributed by atoms with E-state index in [0.29, 0.717) is 0 Å². The monoisotopic (exact) mass is 259 g/mol. The number of nitrogens with zero attached hydrogens (tertiary/aromatic N) is 1. The number of rotatable bonds is 2.